The summed E-state index contributed by atoms with van der Waals surface area (Å²) >= 11 is 0. The summed E-state index contributed by atoms with van der Waals surface area (Å²) in [6.45, 7) is 0.150. The van der Waals surface area contributed by atoms with Crippen LogP contribution in [-0.2, 0) is 0 Å². The van der Waals surface area contributed by atoms with Gasteiger partial charge in [-0.3, -0.25) is 0 Å². The highest BCUT2D eigenvalue weighted by Crippen LogP contribution is 2.28. The van der Waals surface area contributed by atoms with Crippen LogP contribution in [-0.4, -0.2) is 48.1 Å². The summed E-state index contributed by atoms with van der Waals surface area (Å²) < 4.78 is 4.95. The Morgan fingerprint density at radius 3 is 2.61 bits per heavy atom. The van der Waals surface area contributed by atoms with Crippen molar-refractivity contribution in [3.05, 3.63) is 29.3 Å². The first-order valence-electron chi connectivity index (χ1n) is 5.43. The van der Waals surface area contributed by atoms with Crippen molar-refractivity contribution in [1.82, 2.24) is 5.32 Å². The fraction of sp³-hybridized carbons (Fsp3) is 0.417. The standard InChI is InChI=1S/C12H17NO5/c1-13-6-8(14)11(15)7-4-3-5-9(18-2)10(7)12(16)17/h3-5,8,11,13-15H,6H2,1-2H3,(H,16,17). The number of carboxylic acid groups (broad SMARTS) is 1. The number of carboxylic acids is 1. The zero-order chi connectivity index (χ0) is 13.7. The lowest BCUT2D eigenvalue weighted by molar-refractivity contribution is 0.0190. The van der Waals surface area contributed by atoms with E-state index in [4.69, 9.17) is 9.84 Å². The minimum absolute atomic E-state index is 0.129. The van der Waals surface area contributed by atoms with Crippen LogP contribution in [0.3, 0.4) is 0 Å². The van der Waals surface area contributed by atoms with Crippen molar-refractivity contribution < 1.29 is 24.9 Å². The molecule has 18 heavy (non-hydrogen) atoms. The van der Waals surface area contributed by atoms with E-state index in [1.807, 2.05) is 0 Å². The number of hydrogen-bond acceptors (Lipinski definition) is 5. The molecule has 0 spiro atoms. The third-order valence-electron chi connectivity index (χ3n) is 2.59. The molecule has 0 amide bonds. The lowest BCUT2D eigenvalue weighted by Crippen LogP contribution is -2.30. The average Bonchev–Trinajstić information content (AvgIpc) is 2.36. The predicted octanol–water partition coefficient (Wildman–Crippen LogP) is 0.00710. The molecule has 0 saturated carbocycles. The number of nitrogens with one attached hydrogen (secondary N) is 1. The maximum atomic E-state index is 11.2. The van der Waals surface area contributed by atoms with Gasteiger partial charge in [-0.2, -0.15) is 0 Å². The molecule has 4 N–H and O–H groups in total. The van der Waals surface area contributed by atoms with Crippen LogP contribution in [0.15, 0.2) is 18.2 Å². The third-order valence-corrected chi connectivity index (χ3v) is 2.59. The largest absolute Gasteiger partial charge is 0.496 e. The van der Waals surface area contributed by atoms with E-state index in [9.17, 15) is 15.0 Å². The quantitative estimate of drug-likeness (QED) is 0.571. The Kier molecular flexibility index (Phi) is 5.08. The molecule has 0 heterocycles. The third kappa shape index (κ3) is 2.98. The number of ether oxygens (including phenoxy) is 1. The summed E-state index contributed by atoms with van der Waals surface area (Å²) in [5.41, 5.74) is -0.00717. The summed E-state index contributed by atoms with van der Waals surface area (Å²) in [7, 11) is 2.97. The highest BCUT2D eigenvalue weighted by atomic mass is 16.5. The van der Waals surface area contributed by atoms with E-state index in [2.05, 4.69) is 5.32 Å². The van der Waals surface area contributed by atoms with Gasteiger partial charge in [-0.1, -0.05) is 12.1 Å². The Morgan fingerprint density at radius 2 is 2.11 bits per heavy atom. The first kappa shape index (κ1) is 14.4. The van der Waals surface area contributed by atoms with E-state index in [-0.39, 0.29) is 23.4 Å². The van der Waals surface area contributed by atoms with Crippen LogP contribution in [0.25, 0.3) is 0 Å². The molecule has 6 heteroatoms. The maximum Gasteiger partial charge on any atom is 0.339 e. The molecule has 1 aromatic rings. The molecule has 6 nitrogen and oxygen atoms in total. The summed E-state index contributed by atoms with van der Waals surface area (Å²) in [4.78, 5) is 11.2. The van der Waals surface area contributed by atoms with Crippen LogP contribution in [0, 0.1) is 0 Å². The van der Waals surface area contributed by atoms with Gasteiger partial charge in [-0.05, 0) is 13.1 Å². The number of hydrogen-bond donors (Lipinski definition) is 4. The molecule has 0 aromatic heterocycles. The van der Waals surface area contributed by atoms with Crippen LogP contribution in [0.2, 0.25) is 0 Å². The van der Waals surface area contributed by atoms with Crippen molar-refractivity contribution in [1.29, 1.82) is 0 Å². The van der Waals surface area contributed by atoms with Crippen molar-refractivity contribution in [2.45, 2.75) is 12.2 Å². The lowest BCUT2D eigenvalue weighted by Gasteiger charge is -2.20. The van der Waals surface area contributed by atoms with Gasteiger partial charge in [0, 0.05) is 12.1 Å². The monoisotopic (exact) mass is 255 g/mol. The second-order valence-corrected chi connectivity index (χ2v) is 3.80. The molecule has 0 aliphatic carbocycles. The lowest BCUT2D eigenvalue weighted by atomic mass is 9.97. The van der Waals surface area contributed by atoms with E-state index >= 15 is 0 Å². The normalized spacial score (nSPS) is 14.0. The van der Waals surface area contributed by atoms with E-state index in [0.29, 0.717) is 0 Å². The van der Waals surface area contributed by atoms with Gasteiger partial charge in [0.1, 0.15) is 17.4 Å². The van der Waals surface area contributed by atoms with Crippen LogP contribution in [0.5, 0.6) is 5.75 Å². The molecule has 0 radical (unpaired) electrons. The molecule has 0 bridgehead atoms. The topological polar surface area (TPSA) is 99.0 Å². The van der Waals surface area contributed by atoms with Crippen molar-refractivity contribution in [3.8, 4) is 5.75 Å². The van der Waals surface area contributed by atoms with Crippen molar-refractivity contribution in [3.63, 3.8) is 0 Å². The average molecular weight is 255 g/mol. The van der Waals surface area contributed by atoms with Crippen LogP contribution in [0.4, 0.5) is 0 Å². The Labute approximate surface area is 105 Å². The molecule has 0 aliphatic rings. The van der Waals surface area contributed by atoms with Gasteiger partial charge in [0.25, 0.3) is 0 Å². The fourth-order valence-corrected chi connectivity index (χ4v) is 1.72. The molecule has 2 unspecified atom stereocenters. The number of carbonyl (C=O) groups is 1. The van der Waals surface area contributed by atoms with Gasteiger partial charge in [0.05, 0.1) is 13.2 Å². The summed E-state index contributed by atoms with van der Waals surface area (Å²) in [6, 6.07) is 4.51. The molecular weight excluding hydrogens is 238 g/mol. The molecule has 0 fully saturated rings. The number of likely N-dealkylation sites (N-methyl/N-ethyl adjacent to an activating group) is 1. The Morgan fingerprint density at radius 1 is 1.44 bits per heavy atom. The number of aliphatic hydroxyl groups excluding tert-OH is 2. The predicted molar refractivity (Wildman–Crippen MR) is 64.8 cm³/mol. The van der Waals surface area contributed by atoms with Gasteiger partial charge in [0.15, 0.2) is 0 Å². The van der Waals surface area contributed by atoms with Crippen LogP contribution in [0.1, 0.15) is 22.0 Å². The maximum absolute atomic E-state index is 11.2. The molecule has 0 saturated heterocycles. The Bertz CT molecular complexity index is 421. The highest BCUT2D eigenvalue weighted by Gasteiger charge is 2.25. The summed E-state index contributed by atoms with van der Waals surface area (Å²) in [6.07, 6.45) is -2.39. The van der Waals surface area contributed by atoms with E-state index in [1.165, 1.54) is 19.2 Å². The molecule has 0 aliphatic heterocycles. The van der Waals surface area contributed by atoms with Crippen molar-refractivity contribution in [2.24, 2.45) is 0 Å². The summed E-state index contributed by atoms with van der Waals surface area (Å²) in [5, 5.41) is 31.5. The second kappa shape index (κ2) is 6.34. The zero-order valence-electron chi connectivity index (χ0n) is 10.3. The number of aliphatic hydroxyl groups is 2. The number of aromatic carboxylic acids is 1. The van der Waals surface area contributed by atoms with Gasteiger partial charge in [-0.25, -0.2) is 4.79 Å². The first-order valence-corrected chi connectivity index (χ1v) is 5.43. The van der Waals surface area contributed by atoms with Crippen LogP contribution < -0.4 is 10.1 Å². The smallest absolute Gasteiger partial charge is 0.339 e. The molecule has 2 atom stereocenters. The number of rotatable bonds is 6. The van der Waals surface area contributed by atoms with E-state index < -0.39 is 18.2 Å². The Hall–Kier alpha value is -1.63. The van der Waals surface area contributed by atoms with E-state index in [1.54, 1.807) is 13.1 Å². The minimum Gasteiger partial charge on any atom is -0.496 e. The number of benzene rings is 1. The second-order valence-electron chi connectivity index (χ2n) is 3.80. The highest BCUT2D eigenvalue weighted by molar-refractivity contribution is 5.92. The van der Waals surface area contributed by atoms with Gasteiger partial charge in [0.2, 0.25) is 0 Å². The first-order chi connectivity index (χ1) is 8.52. The van der Waals surface area contributed by atoms with Gasteiger partial charge < -0.3 is 25.4 Å². The van der Waals surface area contributed by atoms with Crippen molar-refractivity contribution >= 4 is 5.97 Å². The Balaban J connectivity index is 3.19. The fourth-order valence-electron chi connectivity index (χ4n) is 1.72. The minimum atomic E-state index is -1.29. The molecule has 1 rings (SSSR count). The molecule has 1 aromatic carbocycles. The number of methoxy groups -OCH3 is 1. The SMILES string of the molecule is CNCC(O)C(O)c1cccc(OC)c1C(=O)O. The molecular formula is C12H17NO5. The van der Waals surface area contributed by atoms with Crippen LogP contribution >= 0.6 is 0 Å². The summed E-state index contributed by atoms with van der Waals surface area (Å²) in [5.74, 6) is -1.06. The zero-order valence-corrected chi connectivity index (χ0v) is 10.3. The van der Waals surface area contributed by atoms with E-state index in [0.717, 1.165) is 0 Å². The van der Waals surface area contributed by atoms with Gasteiger partial charge >= 0.3 is 5.97 Å². The van der Waals surface area contributed by atoms with Crippen molar-refractivity contribution in [2.75, 3.05) is 20.7 Å². The van der Waals surface area contributed by atoms with Gasteiger partial charge in [-0.15, -0.1) is 0 Å². The molecule has 100 valence electrons.